The monoisotopic (exact) mass is 281 g/mol. The quantitative estimate of drug-likeness (QED) is 0.876. The van der Waals surface area contributed by atoms with Crippen LogP contribution in [-0.4, -0.2) is 20.2 Å². The summed E-state index contributed by atoms with van der Waals surface area (Å²) in [6.45, 7) is 0. The Kier molecular flexibility index (Phi) is 3.66. The summed E-state index contributed by atoms with van der Waals surface area (Å²) in [6.07, 6.45) is 0. The number of esters is 1. The van der Waals surface area contributed by atoms with Gasteiger partial charge in [-0.15, -0.1) is 0 Å². The number of ether oxygens (including phenoxy) is 2. The van der Waals surface area contributed by atoms with E-state index in [4.69, 9.17) is 26.5 Å². The van der Waals surface area contributed by atoms with Gasteiger partial charge in [-0.3, -0.25) is 0 Å². The summed E-state index contributed by atoms with van der Waals surface area (Å²) in [4.78, 5) is 11.4. The molecule has 0 aliphatic carbocycles. The van der Waals surface area contributed by atoms with Crippen molar-refractivity contribution in [1.82, 2.24) is 0 Å². The average Bonchev–Trinajstić information content (AvgIpc) is 2.79. The molecule has 0 aliphatic rings. The highest BCUT2D eigenvalue weighted by Crippen LogP contribution is 2.35. The van der Waals surface area contributed by atoms with Crippen molar-refractivity contribution in [3.05, 3.63) is 35.0 Å². The summed E-state index contributed by atoms with van der Waals surface area (Å²) in [5.41, 5.74) is 6.52. The van der Waals surface area contributed by atoms with Gasteiger partial charge >= 0.3 is 5.97 Å². The first-order valence-electron chi connectivity index (χ1n) is 5.38. The van der Waals surface area contributed by atoms with Crippen molar-refractivity contribution >= 4 is 23.3 Å². The van der Waals surface area contributed by atoms with Gasteiger partial charge in [0.15, 0.2) is 0 Å². The van der Waals surface area contributed by atoms with Crippen molar-refractivity contribution in [3.63, 3.8) is 0 Å². The molecule has 0 radical (unpaired) electrons. The zero-order valence-electron chi connectivity index (χ0n) is 10.4. The molecule has 100 valence electrons. The molecule has 1 aromatic carbocycles. The molecule has 0 bridgehead atoms. The highest BCUT2D eigenvalue weighted by Gasteiger charge is 2.19. The normalized spacial score (nSPS) is 10.3. The van der Waals surface area contributed by atoms with E-state index in [1.165, 1.54) is 20.3 Å². The van der Waals surface area contributed by atoms with Crippen molar-refractivity contribution in [1.29, 1.82) is 0 Å². The molecule has 2 rings (SSSR count). The summed E-state index contributed by atoms with van der Waals surface area (Å²) >= 11 is 5.94. The first kappa shape index (κ1) is 13.3. The van der Waals surface area contributed by atoms with E-state index in [2.05, 4.69) is 4.74 Å². The predicted octanol–water partition coefficient (Wildman–Crippen LogP) is 2.98. The van der Waals surface area contributed by atoms with Gasteiger partial charge in [-0.1, -0.05) is 11.6 Å². The lowest BCUT2D eigenvalue weighted by molar-refractivity contribution is 0.0567. The fourth-order valence-electron chi connectivity index (χ4n) is 1.66. The van der Waals surface area contributed by atoms with Gasteiger partial charge in [0, 0.05) is 11.1 Å². The van der Waals surface area contributed by atoms with Crippen LogP contribution in [0.15, 0.2) is 28.7 Å². The molecule has 1 aromatic heterocycles. The fourth-order valence-corrected chi connectivity index (χ4v) is 1.83. The molecule has 0 saturated heterocycles. The van der Waals surface area contributed by atoms with Crippen LogP contribution >= 0.6 is 11.6 Å². The number of benzene rings is 1. The van der Waals surface area contributed by atoms with Crippen LogP contribution in [0.2, 0.25) is 5.02 Å². The third kappa shape index (κ3) is 2.51. The minimum Gasteiger partial charge on any atom is -0.496 e. The van der Waals surface area contributed by atoms with Crippen LogP contribution in [0.4, 0.5) is 5.69 Å². The summed E-state index contributed by atoms with van der Waals surface area (Å²) in [5.74, 6) is 0.274. The molecule has 0 spiro atoms. The molecule has 2 N–H and O–H groups in total. The number of nitrogens with two attached hydrogens (primary N) is 1. The Morgan fingerprint density at radius 2 is 2.05 bits per heavy atom. The molecule has 0 fully saturated rings. The third-order valence-electron chi connectivity index (χ3n) is 2.56. The van der Waals surface area contributed by atoms with Crippen LogP contribution in [0.1, 0.15) is 10.6 Å². The van der Waals surface area contributed by atoms with E-state index in [0.29, 0.717) is 22.1 Å². The van der Waals surface area contributed by atoms with E-state index >= 15 is 0 Å². The van der Waals surface area contributed by atoms with E-state index in [1.54, 1.807) is 18.2 Å². The number of furan rings is 1. The average molecular weight is 282 g/mol. The lowest BCUT2D eigenvalue weighted by Gasteiger charge is -2.06. The van der Waals surface area contributed by atoms with Gasteiger partial charge in [-0.2, -0.15) is 0 Å². The first-order chi connectivity index (χ1) is 9.06. The van der Waals surface area contributed by atoms with Gasteiger partial charge in [0.05, 0.1) is 25.5 Å². The molecule has 0 amide bonds. The van der Waals surface area contributed by atoms with Gasteiger partial charge in [0.2, 0.25) is 5.76 Å². The molecule has 0 unspecified atom stereocenters. The molecule has 19 heavy (non-hydrogen) atoms. The van der Waals surface area contributed by atoms with Gasteiger partial charge in [-0.05, 0) is 18.2 Å². The first-order valence-corrected chi connectivity index (χ1v) is 5.76. The van der Waals surface area contributed by atoms with Gasteiger partial charge in [-0.25, -0.2) is 4.79 Å². The van der Waals surface area contributed by atoms with E-state index < -0.39 is 5.97 Å². The Morgan fingerprint density at radius 1 is 1.32 bits per heavy atom. The molecule has 0 atom stereocenters. The highest BCUT2D eigenvalue weighted by molar-refractivity contribution is 6.31. The Morgan fingerprint density at radius 3 is 2.68 bits per heavy atom. The Labute approximate surface area is 114 Å². The smallest absolute Gasteiger partial charge is 0.376 e. The van der Waals surface area contributed by atoms with E-state index in [9.17, 15) is 4.79 Å². The van der Waals surface area contributed by atoms with Crippen LogP contribution in [-0.2, 0) is 4.74 Å². The SMILES string of the molecule is COC(=O)c1oc(-c2cc(Cl)ccc2OC)cc1N. The maximum atomic E-state index is 11.4. The molecule has 0 aliphatic heterocycles. The van der Waals surface area contributed by atoms with E-state index in [0.717, 1.165) is 0 Å². The summed E-state index contributed by atoms with van der Waals surface area (Å²) in [5, 5.41) is 0.519. The Bertz CT molecular complexity index is 621. The van der Waals surface area contributed by atoms with Gasteiger partial charge in [0.25, 0.3) is 0 Å². The number of anilines is 1. The molecule has 5 nitrogen and oxygen atoms in total. The molecule has 2 aromatic rings. The van der Waals surface area contributed by atoms with Crippen molar-refractivity contribution in [2.45, 2.75) is 0 Å². The third-order valence-corrected chi connectivity index (χ3v) is 2.79. The van der Waals surface area contributed by atoms with E-state index in [-0.39, 0.29) is 11.4 Å². The predicted molar refractivity (Wildman–Crippen MR) is 71.5 cm³/mol. The van der Waals surface area contributed by atoms with Crippen LogP contribution in [0.5, 0.6) is 5.75 Å². The van der Waals surface area contributed by atoms with Crippen LogP contribution in [0, 0.1) is 0 Å². The maximum absolute atomic E-state index is 11.4. The topological polar surface area (TPSA) is 74.7 Å². The lowest BCUT2D eigenvalue weighted by Crippen LogP contribution is -2.02. The summed E-state index contributed by atoms with van der Waals surface area (Å²) in [7, 11) is 2.78. The number of nitrogen functional groups attached to an aromatic ring is 1. The Balaban J connectivity index is 2.53. The second kappa shape index (κ2) is 5.24. The van der Waals surface area contributed by atoms with Gasteiger partial charge in [0.1, 0.15) is 11.5 Å². The van der Waals surface area contributed by atoms with Gasteiger partial charge < -0.3 is 19.6 Å². The van der Waals surface area contributed by atoms with Crippen molar-refractivity contribution in [2.75, 3.05) is 20.0 Å². The summed E-state index contributed by atoms with van der Waals surface area (Å²) in [6, 6.07) is 6.59. The van der Waals surface area contributed by atoms with Crippen LogP contribution < -0.4 is 10.5 Å². The van der Waals surface area contributed by atoms with E-state index in [1.807, 2.05) is 0 Å². The lowest BCUT2D eigenvalue weighted by atomic mass is 10.1. The maximum Gasteiger partial charge on any atom is 0.376 e. The number of hydrogen-bond acceptors (Lipinski definition) is 5. The minimum atomic E-state index is -0.634. The highest BCUT2D eigenvalue weighted by atomic mass is 35.5. The molecular weight excluding hydrogens is 270 g/mol. The van der Waals surface area contributed by atoms with Crippen molar-refractivity contribution in [3.8, 4) is 17.1 Å². The molecular formula is C13H12ClNO4. The number of rotatable bonds is 3. The molecule has 6 heteroatoms. The number of halogens is 1. The Hall–Kier alpha value is -2.14. The summed E-state index contributed by atoms with van der Waals surface area (Å²) < 4.78 is 15.2. The minimum absolute atomic E-state index is 0.0421. The van der Waals surface area contributed by atoms with Crippen molar-refractivity contribution in [2.24, 2.45) is 0 Å². The number of hydrogen-bond donors (Lipinski definition) is 1. The second-order valence-electron chi connectivity index (χ2n) is 3.73. The number of methoxy groups -OCH3 is 2. The largest absolute Gasteiger partial charge is 0.496 e. The second-order valence-corrected chi connectivity index (χ2v) is 4.17. The zero-order chi connectivity index (χ0) is 14.0. The molecule has 0 saturated carbocycles. The zero-order valence-corrected chi connectivity index (χ0v) is 11.2. The molecule has 1 heterocycles. The van der Waals surface area contributed by atoms with Crippen LogP contribution in [0.3, 0.4) is 0 Å². The number of carbonyl (C=O) groups is 1. The van der Waals surface area contributed by atoms with Crippen LogP contribution in [0.25, 0.3) is 11.3 Å². The fraction of sp³-hybridized carbons (Fsp3) is 0.154. The standard InChI is InChI=1S/C13H12ClNO4/c1-17-10-4-3-7(14)5-8(10)11-6-9(15)12(19-11)13(16)18-2/h3-6H,15H2,1-2H3. The number of carbonyl (C=O) groups excluding carboxylic acids is 1. The van der Waals surface area contributed by atoms with Crippen molar-refractivity contribution < 1.29 is 18.7 Å².